The van der Waals surface area contributed by atoms with Crippen LogP contribution in [0.4, 0.5) is 18.9 Å². The van der Waals surface area contributed by atoms with E-state index in [9.17, 15) is 18.0 Å². The van der Waals surface area contributed by atoms with Crippen LogP contribution in [0.25, 0.3) is 0 Å². The van der Waals surface area contributed by atoms with Gasteiger partial charge in [-0.1, -0.05) is 42.0 Å². The monoisotopic (exact) mass is 564 g/mol. The van der Waals surface area contributed by atoms with Gasteiger partial charge in [0.05, 0.1) is 26.0 Å². The molecule has 206 valence electrons. The van der Waals surface area contributed by atoms with Gasteiger partial charge in [0.25, 0.3) is 0 Å². The van der Waals surface area contributed by atoms with Gasteiger partial charge in [-0.3, -0.25) is 9.18 Å². The summed E-state index contributed by atoms with van der Waals surface area (Å²) in [6.07, 6.45) is 1.71. The highest BCUT2D eigenvalue weighted by molar-refractivity contribution is 8.00. The van der Waals surface area contributed by atoms with Gasteiger partial charge in [-0.05, 0) is 79.8 Å². The van der Waals surface area contributed by atoms with Crippen LogP contribution in [0.5, 0.6) is 0 Å². The van der Waals surface area contributed by atoms with Crippen LogP contribution in [-0.4, -0.2) is 37.8 Å². The first-order chi connectivity index (χ1) is 18.3. The molecule has 0 spiro atoms. The molecule has 0 radical (unpaired) electrons. The number of hydrogen-bond acceptors (Lipinski definition) is 6. The fourth-order valence-electron chi connectivity index (χ4n) is 3.79. The predicted octanol–water partition coefficient (Wildman–Crippen LogP) is 7.30. The Morgan fingerprint density at radius 3 is 2.42 bits per heavy atom. The Labute approximate surface area is 232 Å². The summed E-state index contributed by atoms with van der Waals surface area (Å²) >= 11 is 3.01. The zero-order valence-electron chi connectivity index (χ0n) is 22.1. The summed E-state index contributed by atoms with van der Waals surface area (Å²) in [5, 5.41) is 0. The van der Waals surface area contributed by atoms with Gasteiger partial charge >= 0.3 is 5.97 Å². The van der Waals surface area contributed by atoms with E-state index >= 15 is 0 Å². The summed E-state index contributed by atoms with van der Waals surface area (Å²) in [5.41, 5.74) is 9.34. The maximum Gasteiger partial charge on any atom is 0.323 e. The molecule has 0 aromatic heterocycles. The number of rotatable bonds is 12. The quantitative estimate of drug-likeness (QED) is 0.142. The Bertz CT molecular complexity index is 1150. The molecule has 0 aliphatic heterocycles. The number of esters is 1. The van der Waals surface area contributed by atoms with Crippen LogP contribution in [0.3, 0.4) is 0 Å². The number of methoxy groups -OCH3 is 1. The van der Waals surface area contributed by atoms with Gasteiger partial charge in [0.1, 0.15) is 17.7 Å². The van der Waals surface area contributed by atoms with Crippen molar-refractivity contribution >= 4 is 35.4 Å². The molecular formula is C29H35F3N2O2S2. The van der Waals surface area contributed by atoms with Crippen molar-refractivity contribution in [1.82, 2.24) is 0 Å². The van der Waals surface area contributed by atoms with Crippen molar-refractivity contribution in [3.05, 3.63) is 95.1 Å². The van der Waals surface area contributed by atoms with Crippen molar-refractivity contribution < 1.29 is 22.7 Å². The van der Waals surface area contributed by atoms with Gasteiger partial charge in [-0.2, -0.15) is 11.8 Å². The van der Waals surface area contributed by atoms with E-state index in [1.807, 2.05) is 60.6 Å². The standard InChI is InChI=1S/C28H32F2N2O2S2.CH3F/c1-19-10-13-23(14-11-19)36-32(27-17-22(29)12-15-25(27)30)20(2)24-9-5-4-7-21(24)8-6-16-35-18-26(31)28(33)34-3;1-2/h4-5,7,9-15,17,20,26H,6,8,16,18,31H2,1-3H3;1H3. The average Bonchev–Trinajstić information content (AvgIpc) is 2.94. The lowest BCUT2D eigenvalue weighted by molar-refractivity contribution is -0.141. The minimum atomic E-state index is -0.624. The Kier molecular flexibility index (Phi) is 13.6. The van der Waals surface area contributed by atoms with Gasteiger partial charge in [0, 0.05) is 16.7 Å². The molecule has 0 aliphatic carbocycles. The second kappa shape index (κ2) is 16.4. The van der Waals surface area contributed by atoms with Crippen LogP contribution < -0.4 is 10.0 Å². The number of ether oxygens (including phenoxy) is 1. The number of halogens is 3. The van der Waals surface area contributed by atoms with Gasteiger partial charge in [0.2, 0.25) is 0 Å². The molecule has 3 aromatic carbocycles. The van der Waals surface area contributed by atoms with Crippen molar-refractivity contribution in [2.45, 2.75) is 43.7 Å². The number of nitrogens with zero attached hydrogens (tertiary/aromatic N) is 1. The van der Waals surface area contributed by atoms with Crippen LogP contribution in [0.1, 0.15) is 36.1 Å². The van der Waals surface area contributed by atoms with Crippen molar-refractivity contribution in [2.24, 2.45) is 5.73 Å². The molecule has 4 nitrogen and oxygen atoms in total. The number of aryl methyl sites for hydroxylation is 2. The summed E-state index contributed by atoms with van der Waals surface area (Å²) in [5.74, 6) is -0.0159. The number of thioether (sulfide) groups is 1. The molecule has 0 fully saturated rings. The first-order valence-electron chi connectivity index (χ1n) is 12.2. The maximum atomic E-state index is 14.9. The second-order valence-electron chi connectivity index (χ2n) is 8.51. The Morgan fingerprint density at radius 2 is 1.74 bits per heavy atom. The van der Waals surface area contributed by atoms with Gasteiger partial charge in [0.15, 0.2) is 0 Å². The van der Waals surface area contributed by atoms with E-state index < -0.39 is 23.6 Å². The molecule has 3 rings (SSSR count). The normalized spacial score (nSPS) is 12.2. The van der Waals surface area contributed by atoms with Gasteiger partial charge in [-0.15, -0.1) is 0 Å². The van der Waals surface area contributed by atoms with Crippen molar-refractivity contribution in [1.29, 1.82) is 0 Å². The molecule has 0 saturated carbocycles. The fourth-order valence-corrected chi connectivity index (χ4v) is 5.69. The van der Waals surface area contributed by atoms with Crippen LogP contribution in [0.15, 0.2) is 71.6 Å². The maximum absolute atomic E-state index is 14.9. The Balaban J connectivity index is 0.00000247. The molecule has 2 unspecified atom stereocenters. The van der Waals surface area contributed by atoms with Crippen molar-refractivity contribution in [3.8, 4) is 0 Å². The molecular weight excluding hydrogens is 529 g/mol. The van der Waals surface area contributed by atoms with Gasteiger partial charge in [-0.25, -0.2) is 8.78 Å². The Morgan fingerprint density at radius 1 is 1.05 bits per heavy atom. The zero-order chi connectivity index (χ0) is 28.1. The summed E-state index contributed by atoms with van der Waals surface area (Å²) < 4.78 is 45.1. The van der Waals surface area contributed by atoms with Gasteiger partial charge < -0.3 is 14.8 Å². The predicted molar refractivity (Wildman–Crippen MR) is 153 cm³/mol. The Hall–Kier alpha value is -2.62. The van der Waals surface area contributed by atoms with Crippen LogP contribution in [0.2, 0.25) is 0 Å². The van der Waals surface area contributed by atoms with E-state index in [-0.39, 0.29) is 11.7 Å². The highest BCUT2D eigenvalue weighted by Gasteiger charge is 2.23. The number of benzene rings is 3. The van der Waals surface area contributed by atoms with E-state index in [1.165, 1.54) is 31.2 Å². The van der Waals surface area contributed by atoms with Crippen molar-refractivity contribution in [2.75, 3.05) is 30.1 Å². The lowest BCUT2D eigenvalue weighted by Gasteiger charge is -2.32. The minimum absolute atomic E-state index is 0.204. The zero-order valence-corrected chi connectivity index (χ0v) is 23.8. The SMILES string of the molecule is CF.COC(=O)C(N)CSCCCc1ccccc1C(C)N(Sc1ccc(C)cc1)c1cc(F)ccc1F. The van der Waals surface area contributed by atoms with E-state index in [1.54, 1.807) is 11.8 Å². The van der Waals surface area contributed by atoms with E-state index in [4.69, 9.17) is 5.73 Å². The highest BCUT2D eigenvalue weighted by Crippen LogP contribution is 2.40. The molecule has 0 bridgehead atoms. The molecule has 0 heterocycles. The molecule has 38 heavy (non-hydrogen) atoms. The lowest BCUT2D eigenvalue weighted by atomic mass is 9.98. The minimum Gasteiger partial charge on any atom is -0.468 e. The molecule has 0 saturated heterocycles. The second-order valence-corrected chi connectivity index (χ2v) is 10.7. The summed E-state index contributed by atoms with van der Waals surface area (Å²) in [6, 6.07) is 18.8. The third kappa shape index (κ3) is 9.29. The topological polar surface area (TPSA) is 55.6 Å². The summed E-state index contributed by atoms with van der Waals surface area (Å²) in [4.78, 5) is 12.4. The summed E-state index contributed by atoms with van der Waals surface area (Å²) in [6.45, 7) is 4.02. The van der Waals surface area contributed by atoms with E-state index in [0.29, 0.717) is 12.9 Å². The number of carbonyl (C=O) groups excluding carboxylic acids is 1. The molecule has 9 heteroatoms. The van der Waals surface area contributed by atoms with Crippen LogP contribution in [-0.2, 0) is 16.0 Å². The lowest BCUT2D eigenvalue weighted by Crippen LogP contribution is -2.33. The van der Waals surface area contributed by atoms with Crippen LogP contribution >= 0.6 is 23.7 Å². The third-order valence-electron chi connectivity index (χ3n) is 5.76. The number of nitrogens with two attached hydrogens (primary N) is 1. The molecule has 2 N–H and O–H groups in total. The van der Waals surface area contributed by atoms with E-state index in [0.717, 1.165) is 46.2 Å². The average molecular weight is 565 g/mol. The smallest absolute Gasteiger partial charge is 0.323 e. The van der Waals surface area contributed by atoms with Crippen LogP contribution in [0, 0.1) is 18.6 Å². The fraction of sp³-hybridized carbons (Fsp3) is 0.345. The molecule has 0 aliphatic rings. The number of alkyl halides is 1. The molecule has 3 aromatic rings. The number of hydrogen-bond donors (Lipinski definition) is 1. The number of anilines is 1. The first-order valence-corrected chi connectivity index (χ1v) is 14.1. The number of carbonyl (C=O) groups is 1. The molecule has 2 atom stereocenters. The largest absolute Gasteiger partial charge is 0.468 e. The molecule has 0 amide bonds. The third-order valence-corrected chi connectivity index (χ3v) is 8.13. The van der Waals surface area contributed by atoms with Crippen molar-refractivity contribution in [3.63, 3.8) is 0 Å². The van der Waals surface area contributed by atoms with E-state index in [2.05, 4.69) is 10.8 Å². The summed E-state index contributed by atoms with van der Waals surface area (Å²) in [7, 11) is 1.83. The first kappa shape index (κ1) is 31.6. The highest BCUT2D eigenvalue weighted by atomic mass is 32.2.